The molecule has 2 fully saturated rings. The van der Waals surface area contributed by atoms with Gasteiger partial charge in [0.05, 0.1) is 19.8 Å². The highest BCUT2D eigenvalue weighted by molar-refractivity contribution is 5.09. The molecule has 1 aliphatic heterocycles. The molecule has 1 saturated heterocycles. The van der Waals surface area contributed by atoms with Gasteiger partial charge in [-0.05, 0) is 12.8 Å². The average Bonchev–Trinajstić information content (AvgIpc) is 2.85. The molecule has 0 atom stereocenters. The van der Waals surface area contributed by atoms with Gasteiger partial charge in [0.1, 0.15) is 0 Å². The minimum atomic E-state index is 0.349. The van der Waals surface area contributed by atoms with Crippen molar-refractivity contribution in [2.45, 2.75) is 18.4 Å². The molecule has 1 heterocycles. The molecule has 3 heteroatoms. The zero-order valence-corrected chi connectivity index (χ0v) is 7.18. The summed E-state index contributed by atoms with van der Waals surface area (Å²) in [6.45, 7) is 3.54. The van der Waals surface area contributed by atoms with Gasteiger partial charge in [0, 0.05) is 18.1 Å². The normalized spacial score (nSPS) is 26.3. The van der Waals surface area contributed by atoms with Crippen molar-refractivity contribution in [1.82, 2.24) is 4.90 Å². The van der Waals surface area contributed by atoms with Gasteiger partial charge in [-0.2, -0.15) is 0 Å². The lowest BCUT2D eigenvalue weighted by Crippen LogP contribution is -2.47. The number of rotatable bonds is 1. The van der Waals surface area contributed by atoms with Crippen LogP contribution in [0.4, 0.5) is 0 Å². The lowest BCUT2D eigenvalue weighted by atomic mass is 10.2. The van der Waals surface area contributed by atoms with Crippen molar-refractivity contribution in [3.63, 3.8) is 0 Å². The van der Waals surface area contributed by atoms with E-state index in [-0.39, 0.29) is 0 Å². The van der Waals surface area contributed by atoms with E-state index in [2.05, 4.69) is 16.9 Å². The fraction of sp³-hybridized carbons (Fsp3) is 0.778. The molecule has 0 aromatic rings. The predicted octanol–water partition coefficient (Wildman–Crippen LogP) is -0.229. The van der Waals surface area contributed by atoms with Crippen molar-refractivity contribution in [2.24, 2.45) is 5.73 Å². The van der Waals surface area contributed by atoms with Crippen LogP contribution in [0.1, 0.15) is 12.8 Å². The number of hydrogen-bond acceptors (Lipinski definition) is 3. The fourth-order valence-electron chi connectivity index (χ4n) is 1.76. The summed E-state index contributed by atoms with van der Waals surface area (Å²) in [7, 11) is 0. The number of morpholine rings is 1. The van der Waals surface area contributed by atoms with Gasteiger partial charge < -0.3 is 10.5 Å². The number of nitrogens with zero attached hydrogens (tertiary/aromatic N) is 1. The summed E-state index contributed by atoms with van der Waals surface area (Å²) in [5.74, 6) is 2.91. The molecule has 2 aliphatic rings. The maximum atomic E-state index is 5.44. The molecule has 3 nitrogen and oxygen atoms in total. The summed E-state index contributed by atoms with van der Waals surface area (Å²) in [5.41, 5.74) is 5.48. The number of nitrogens with two attached hydrogens (primary N) is 1. The Kier molecular flexibility index (Phi) is 1.95. The molecule has 0 aromatic carbocycles. The Hall–Kier alpha value is -0.720. The van der Waals surface area contributed by atoms with E-state index < -0.39 is 0 Å². The van der Waals surface area contributed by atoms with Crippen LogP contribution in [0.3, 0.4) is 0 Å². The second kappa shape index (κ2) is 2.96. The molecule has 1 aliphatic carbocycles. The highest BCUT2D eigenvalue weighted by Gasteiger charge is 2.49. The van der Waals surface area contributed by atoms with E-state index in [1.54, 1.807) is 0 Å². The molecule has 0 bridgehead atoms. The molecule has 1 saturated carbocycles. The summed E-state index contributed by atoms with van der Waals surface area (Å²) < 4.78 is 5.44. The fourth-order valence-corrected chi connectivity index (χ4v) is 1.76. The van der Waals surface area contributed by atoms with Crippen molar-refractivity contribution in [3.05, 3.63) is 0 Å². The van der Waals surface area contributed by atoms with E-state index in [1.165, 1.54) is 12.8 Å². The highest BCUT2D eigenvalue weighted by Crippen LogP contribution is 2.43. The molecule has 66 valence electrons. The van der Waals surface area contributed by atoms with Gasteiger partial charge >= 0.3 is 0 Å². The Morgan fingerprint density at radius 2 is 2.33 bits per heavy atom. The Labute approximate surface area is 72.9 Å². The first-order chi connectivity index (χ1) is 5.87. The van der Waals surface area contributed by atoms with Crippen molar-refractivity contribution < 1.29 is 4.74 Å². The van der Waals surface area contributed by atoms with Crippen molar-refractivity contribution in [1.29, 1.82) is 0 Å². The Morgan fingerprint density at radius 3 is 3.00 bits per heavy atom. The zero-order valence-electron chi connectivity index (χ0n) is 7.18. The van der Waals surface area contributed by atoms with E-state index in [4.69, 9.17) is 10.5 Å². The third-order valence-corrected chi connectivity index (χ3v) is 2.75. The van der Waals surface area contributed by atoms with E-state index in [0.29, 0.717) is 5.54 Å². The minimum Gasteiger partial charge on any atom is -0.378 e. The van der Waals surface area contributed by atoms with Crippen LogP contribution in [-0.2, 0) is 4.74 Å². The first kappa shape index (κ1) is 7.90. The SMILES string of the molecule is NC#CCN1CCOCC12CC2. The summed E-state index contributed by atoms with van der Waals surface area (Å²) in [6.07, 6.45) is 2.53. The van der Waals surface area contributed by atoms with Crippen LogP contribution in [0.2, 0.25) is 0 Å². The molecule has 0 amide bonds. The van der Waals surface area contributed by atoms with Gasteiger partial charge in [-0.3, -0.25) is 4.90 Å². The Bertz CT molecular complexity index is 224. The van der Waals surface area contributed by atoms with E-state index in [1.807, 2.05) is 0 Å². The molecule has 0 radical (unpaired) electrons. The quantitative estimate of drug-likeness (QED) is 0.432. The average molecular weight is 166 g/mol. The monoisotopic (exact) mass is 166 g/mol. The Balaban J connectivity index is 1.95. The van der Waals surface area contributed by atoms with Crippen LogP contribution >= 0.6 is 0 Å². The van der Waals surface area contributed by atoms with Gasteiger partial charge in [0.25, 0.3) is 0 Å². The van der Waals surface area contributed by atoms with Gasteiger partial charge in [0.2, 0.25) is 0 Å². The summed E-state index contributed by atoms with van der Waals surface area (Å²) in [4.78, 5) is 2.40. The van der Waals surface area contributed by atoms with Crippen molar-refractivity contribution in [3.8, 4) is 12.0 Å². The molecular weight excluding hydrogens is 152 g/mol. The molecule has 1 spiro atoms. The number of ether oxygens (including phenoxy) is 1. The summed E-state index contributed by atoms with van der Waals surface area (Å²) in [5, 5.41) is 0. The summed E-state index contributed by atoms with van der Waals surface area (Å²) in [6, 6.07) is 2.45. The van der Waals surface area contributed by atoms with Gasteiger partial charge in [-0.1, -0.05) is 5.92 Å². The molecule has 12 heavy (non-hydrogen) atoms. The van der Waals surface area contributed by atoms with E-state index in [0.717, 1.165) is 26.3 Å². The standard InChI is InChI=1S/C9H14N2O/c10-4-1-5-11-6-7-12-8-9(11)2-3-9/h2-3,5-8,10H2. The highest BCUT2D eigenvalue weighted by atomic mass is 16.5. The molecule has 2 rings (SSSR count). The Morgan fingerprint density at radius 1 is 1.50 bits per heavy atom. The van der Waals surface area contributed by atoms with Crippen LogP contribution in [0, 0.1) is 12.0 Å². The maximum Gasteiger partial charge on any atom is 0.0651 e. The van der Waals surface area contributed by atoms with Crippen LogP contribution in [0.5, 0.6) is 0 Å². The van der Waals surface area contributed by atoms with Crippen LogP contribution in [0.15, 0.2) is 0 Å². The van der Waals surface area contributed by atoms with Crippen molar-refractivity contribution in [2.75, 3.05) is 26.3 Å². The molecule has 0 unspecified atom stereocenters. The predicted molar refractivity (Wildman–Crippen MR) is 46.3 cm³/mol. The number of hydrogen-bond donors (Lipinski definition) is 1. The van der Waals surface area contributed by atoms with Crippen LogP contribution < -0.4 is 5.73 Å². The first-order valence-electron chi connectivity index (χ1n) is 4.39. The third kappa shape index (κ3) is 1.28. The largest absolute Gasteiger partial charge is 0.378 e. The van der Waals surface area contributed by atoms with Crippen molar-refractivity contribution >= 4 is 0 Å². The molecule has 2 N–H and O–H groups in total. The van der Waals surface area contributed by atoms with E-state index in [9.17, 15) is 0 Å². The van der Waals surface area contributed by atoms with Gasteiger partial charge in [-0.15, -0.1) is 0 Å². The van der Waals surface area contributed by atoms with Gasteiger partial charge in [-0.25, -0.2) is 0 Å². The second-order valence-electron chi connectivity index (χ2n) is 3.52. The lowest BCUT2D eigenvalue weighted by Gasteiger charge is -2.34. The zero-order chi connectivity index (χ0) is 8.44. The lowest BCUT2D eigenvalue weighted by molar-refractivity contribution is -0.0132. The first-order valence-corrected chi connectivity index (χ1v) is 4.39. The minimum absolute atomic E-state index is 0.349. The maximum absolute atomic E-state index is 5.44. The van der Waals surface area contributed by atoms with Crippen LogP contribution in [-0.4, -0.2) is 36.7 Å². The topological polar surface area (TPSA) is 38.5 Å². The molecule has 0 aromatic heterocycles. The second-order valence-corrected chi connectivity index (χ2v) is 3.52. The molecular formula is C9H14N2O. The van der Waals surface area contributed by atoms with Crippen LogP contribution in [0.25, 0.3) is 0 Å². The third-order valence-electron chi connectivity index (χ3n) is 2.75. The van der Waals surface area contributed by atoms with Gasteiger partial charge in [0.15, 0.2) is 0 Å². The summed E-state index contributed by atoms with van der Waals surface area (Å²) >= 11 is 0. The smallest absolute Gasteiger partial charge is 0.0651 e. The van der Waals surface area contributed by atoms with E-state index >= 15 is 0 Å².